The van der Waals surface area contributed by atoms with Gasteiger partial charge in [-0.2, -0.15) is 5.26 Å². The van der Waals surface area contributed by atoms with Crippen molar-refractivity contribution in [1.29, 1.82) is 5.26 Å². The molecule has 1 aliphatic rings. The van der Waals surface area contributed by atoms with Crippen molar-refractivity contribution >= 4 is 22.8 Å². The number of hydrogen-bond donors (Lipinski definition) is 2. The monoisotopic (exact) mass is 627 g/mol. The molecular weight excluding hydrogens is 590 g/mol. The van der Waals surface area contributed by atoms with Gasteiger partial charge in [0.2, 0.25) is 5.82 Å². The number of nitriles is 1. The fraction of sp³-hybridized carbons (Fsp3) is 0.286. The SMILES string of the molecule is CC.Cc1noc(C)c1-c1ccc2nc(-c3cccnc3N)n(-c3ccc(CN4CCC(Nc5ccnc(C#N)n5)CC4)cc3)c2n1. The van der Waals surface area contributed by atoms with E-state index >= 15 is 0 Å². The van der Waals surface area contributed by atoms with Crippen LogP contribution in [0.15, 0.2) is 71.5 Å². The van der Waals surface area contributed by atoms with Crippen molar-refractivity contribution < 1.29 is 4.52 Å². The van der Waals surface area contributed by atoms with Crippen LogP contribution in [-0.4, -0.2) is 58.7 Å². The van der Waals surface area contributed by atoms with Crippen LogP contribution in [0.1, 0.15) is 49.5 Å². The lowest BCUT2D eigenvalue weighted by atomic mass is 10.0. The molecule has 3 N–H and O–H groups in total. The number of aryl methyl sites for hydroxylation is 2. The van der Waals surface area contributed by atoms with Gasteiger partial charge >= 0.3 is 0 Å². The highest BCUT2D eigenvalue weighted by Crippen LogP contribution is 2.33. The molecule has 0 saturated carbocycles. The number of fused-ring (bicyclic) bond motifs is 1. The quantitative estimate of drug-likeness (QED) is 0.210. The van der Waals surface area contributed by atoms with Gasteiger partial charge < -0.3 is 15.6 Å². The Morgan fingerprint density at radius 1 is 0.957 bits per heavy atom. The third-order valence-corrected chi connectivity index (χ3v) is 8.17. The van der Waals surface area contributed by atoms with Gasteiger partial charge in [0, 0.05) is 43.8 Å². The average Bonchev–Trinajstić information content (AvgIpc) is 3.65. The van der Waals surface area contributed by atoms with Crippen molar-refractivity contribution in [3.63, 3.8) is 0 Å². The molecule has 1 saturated heterocycles. The first-order valence-corrected chi connectivity index (χ1v) is 15.8. The van der Waals surface area contributed by atoms with E-state index in [1.165, 1.54) is 5.56 Å². The molecule has 6 heterocycles. The summed E-state index contributed by atoms with van der Waals surface area (Å²) in [6.07, 6.45) is 5.26. The minimum Gasteiger partial charge on any atom is -0.383 e. The zero-order valence-electron chi connectivity index (χ0n) is 27.0. The predicted octanol–water partition coefficient (Wildman–Crippen LogP) is 6.10. The molecule has 12 nitrogen and oxygen atoms in total. The van der Waals surface area contributed by atoms with Crippen molar-refractivity contribution in [2.75, 3.05) is 24.1 Å². The van der Waals surface area contributed by atoms with Gasteiger partial charge in [0.25, 0.3) is 0 Å². The van der Waals surface area contributed by atoms with Crippen LogP contribution in [0.3, 0.4) is 0 Å². The smallest absolute Gasteiger partial charge is 0.234 e. The van der Waals surface area contributed by atoms with E-state index in [0.29, 0.717) is 34.9 Å². The molecule has 1 aliphatic heterocycles. The minimum atomic E-state index is 0.178. The van der Waals surface area contributed by atoms with Gasteiger partial charge in [-0.25, -0.2) is 24.9 Å². The summed E-state index contributed by atoms with van der Waals surface area (Å²) in [5.74, 6) is 2.67. The van der Waals surface area contributed by atoms with E-state index < -0.39 is 0 Å². The van der Waals surface area contributed by atoms with E-state index in [9.17, 15) is 0 Å². The Labute approximate surface area is 273 Å². The molecule has 7 rings (SSSR count). The van der Waals surface area contributed by atoms with Crippen LogP contribution in [0, 0.1) is 25.2 Å². The Hall–Kier alpha value is -5.67. The van der Waals surface area contributed by atoms with Crippen LogP contribution in [0.2, 0.25) is 0 Å². The Balaban J connectivity index is 0.00000190. The third-order valence-electron chi connectivity index (χ3n) is 8.17. The topological polar surface area (TPSA) is 160 Å². The Bertz CT molecular complexity index is 2010. The molecule has 5 aromatic heterocycles. The van der Waals surface area contributed by atoms with Gasteiger partial charge in [0.1, 0.15) is 29.0 Å². The van der Waals surface area contributed by atoms with Gasteiger partial charge in [0.05, 0.1) is 22.5 Å². The minimum absolute atomic E-state index is 0.178. The summed E-state index contributed by atoms with van der Waals surface area (Å²) in [7, 11) is 0. The number of nitrogen functional groups attached to an aromatic ring is 1. The summed E-state index contributed by atoms with van der Waals surface area (Å²) in [6, 6.07) is 20.3. The van der Waals surface area contributed by atoms with Crippen molar-refractivity contribution in [1.82, 2.24) is 39.5 Å². The average molecular weight is 628 g/mol. The first-order valence-electron chi connectivity index (χ1n) is 15.8. The number of likely N-dealkylation sites (tertiary alicyclic amines) is 1. The van der Waals surface area contributed by atoms with Crippen LogP contribution in [0.4, 0.5) is 11.6 Å². The molecule has 0 amide bonds. The predicted molar refractivity (Wildman–Crippen MR) is 181 cm³/mol. The first kappa shape index (κ1) is 31.3. The van der Waals surface area contributed by atoms with Gasteiger partial charge in [0.15, 0.2) is 11.5 Å². The Kier molecular flexibility index (Phi) is 9.17. The Morgan fingerprint density at radius 2 is 1.74 bits per heavy atom. The van der Waals surface area contributed by atoms with Crippen molar-refractivity contribution in [2.45, 2.75) is 53.1 Å². The highest BCUT2D eigenvalue weighted by atomic mass is 16.5. The summed E-state index contributed by atoms with van der Waals surface area (Å²) >= 11 is 0. The molecule has 0 radical (unpaired) electrons. The van der Waals surface area contributed by atoms with E-state index in [0.717, 1.165) is 66.2 Å². The zero-order chi connectivity index (χ0) is 32.9. The molecule has 1 aromatic carbocycles. The van der Waals surface area contributed by atoms with E-state index in [2.05, 4.69) is 54.6 Å². The standard InChI is InChI=1S/C33H31N11O.C2H6/c1-20-30(21(2)45-42-20)26-9-10-27-33(39-26)44(32(40-27)25-4-3-14-37-31(25)35)24-7-5-22(6-8-24)19-43-16-12-23(13-17-43)38-28-11-15-36-29(18-34)41-28;1-2/h3-11,14-15,23H,12-13,16-17,19H2,1-2H3,(H2,35,37)(H,36,38,41);1-2H3. The van der Waals surface area contributed by atoms with E-state index in [1.807, 2.05) is 62.6 Å². The number of nitrogens with zero attached hydrogens (tertiary/aromatic N) is 9. The lowest BCUT2D eigenvalue weighted by Gasteiger charge is -2.32. The molecule has 0 atom stereocenters. The maximum Gasteiger partial charge on any atom is 0.234 e. The second-order valence-corrected chi connectivity index (χ2v) is 11.2. The number of pyridine rings is 2. The van der Waals surface area contributed by atoms with Crippen LogP contribution in [0.5, 0.6) is 0 Å². The lowest BCUT2D eigenvalue weighted by Crippen LogP contribution is -2.38. The number of hydrogen-bond acceptors (Lipinski definition) is 11. The van der Waals surface area contributed by atoms with Gasteiger partial charge in [-0.1, -0.05) is 31.1 Å². The summed E-state index contributed by atoms with van der Waals surface area (Å²) < 4.78 is 7.46. The molecule has 12 heteroatoms. The molecule has 0 unspecified atom stereocenters. The van der Waals surface area contributed by atoms with Crippen molar-refractivity contribution in [3.8, 4) is 34.4 Å². The van der Waals surface area contributed by atoms with Crippen molar-refractivity contribution in [3.05, 3.63) is 89.8 Å². The lowest BCUT2D eigenvalue weighted by molar-refractivity contribution is 0.211. The fourth-order valence-electron chi connectivity index (χ4n) is 5.92. The summed E-state index contributed by atoms with van der Waals surface area (Å²) in [5, 5.41) is 16.6. The second kappa shape index (κ2) is 13.8. The largest absolute Gasteiger partial charge is 0.383 e. The fourth-order valence-corrected chi connectivity index (χ4v) is 5.92. The number of rotatable bonds is 7. The van der Waals surface area contributed by atoms with Crippen LogP contribution >= 0.6 is 0 Å². The number of anilines is 2. The number of imidazole rings is 1. The number of aromatic nitrogens is 7. The van der Waals surface area contributed by atoms with Gasteiger partial charge in [-0.05, 0) is 74.7 Å². The molecule has 238 valence electrons. The van der Waals surface area contributed by atoms with Crippen LogP contribution < -0.4 is 11.1 Å². The molecule has 0 bridgehead atoms. The highest BCUT2D eigenvalue weighted by Gasteiger charge is 2.22. The Morgan fingerprint density at radius 3 is 2.45 bits per heavy atom. The zero-order valence-corrected chi connectivity index (χ0v) is 27.0. The summed E-state index contributed by atoms with van der Waals surface area (Å²) in [4.78, 5) is 25.0. The van der Waals surface area contributed by atoms with E-state index in [1.54, 1.807) is 18.5 Å². The summed E-state index contributed by atoms with van der Waals surface area (Å²) in [5.41, 5.74) is 13.1. The maximum atomic E-state index is 9.07. The second-order valence-electron chi connectivity index (χ2n) is 11.2. The van der Waals surface area contributed by atoms with Crippen LogP contribution in [-0.2, 0) is 6.54 Å². The van der Waals surface area contributed by atoms with Gasteiger partial charge in [-0.15, -0.1) is 0 Å². The van der Waals surface area contributed by atoms with Crippen molar-refractivity contribution in [2.24, 2.45) is 0 Å². The molecule has 0 aliphatic carbocycles. The first-order chi connectivity index (χ1) is 23.0. The van der Waals surface area contributed by atoms with Gasteiger partial charge in [-0.3, -0.25) is 9.47 Å². The number of nitrogens with one attached hydrogen (secondary N) is 1. The molecular formula is C35H37N11O. The van der Waals surface area contributed by atoms with E-state index in [-0.39, 0.29) is 5.82 Å². The number of benzene rings is 1. The van der Waals surface area contributed by atoms with E-state index in [4.69, 9.17) is 25.5 Å². The molecule has 6 aromatic rings. The highest BCUT2D eigenvalue weighted by molar-refractivity contribution is 5.84. The maximum absolute atomic E-state index is 9.07. The third kappa shape index (κ3) is 6.52. The molecule has 0 spiro atoms. The number of piperidine rings is 1. The molecule has 1 fully saturated rings. The van der Waals surface area contributed by atoms with Crippen LogP contribution in [0.25, 0.3) is 39.5 Å². The molecule has 47 heavy (non-hydrogen) atoms. The number of nitrogens with two attached hydrogens (primary N) is 1. The normalized spacial score (nSPS) is 13.6. The summed E-state index contributed by atoms with van der Waals surface area (Å²) in [6.45, 7) is 10.6.